The summed E-state index contributed by atoms with van der Waals surface area (Å²) in [6.45, 7) is 4.78. The first kappa shape index (κ1) is 10.2. The third kappa shape index (κ3) is 1.57. The van der Waals surface area contributed by atoms with E-state index in [1.54, 1.807) is 0 Å². The van der Waals surface area contributed by atoms with Crippen molar-refractivity contribution in [2.45, 2.75) is 13.8 Å². The number of hydrogen-bond donors (Lipinski definition) is 1. The van der Waals surface area contributed by atoms with E-state index in [0.29, 0.717) is 6.61 Å². The summed E-state index contributed by atoms with van der Waals surface area (Å²) in [4.78, 5) is 3.37. The number of aryl methyl sites for hydroxylation is 1. The second kappa shape index (κ2) is 3.81. The van der Waals surface area contributed by atoms with Crippen molar-refractivity contribution >= 4 is 21.7 Å². The molecule has 0 spiro atoms. The number of aromatic amines is 1. The lowest BCUT2D eigenvalue weighted by Gasteiger charge is -2.08. The van der Waals surface area contributed by atoms with Gasteiger partial charge >= 0.3 is 0 Å². The fraction of sp³-hybridized carbons (Fsp3) is 0.200. The average molecular weight is 225 g/mol. The van der Waals surface area contributed by atoms with Crippen molar-refractivity contribution in [3.05, 3.63) is 42.1 Å². The van der Waals surface area contributed by atoms with E-state index in [4.69, 9.17) is 4.74 Å². The molecule has 0 saturated heterocycles. The number of hydrogen-bond acceptors (Lipinski definition) is 1. The van der Waals surface area contributed by atoms with Crippen molar-refractivity contribution in [2.75, 3.05) is 6.61 Å². The van der Waals surface area contributed by atoms with Crippen LogP contribution in [-0.4, -0.2) is 11.6 Å². The molecule has 0 amide bonds. The fourth-order valence-electron chi connectivity index (χ4n) is 2.36. The monoisotopic (exact) mass is 225 g/mol. The Balaban J connectivity index is 2.45. The lowest BCUT2D eigenvalue weighted by atomic mass is 10.1. The molecule has 0 saturated carbocycles. The standard InChI is InChI=1S/C15H15NO/c1-3-17-15-9-14-13(8-10(2)16-14)11-6-4-5-7-12(11)15/h4-9,16H,3H2,1-2H3. The summed E-state index contributed by atoms with van der Waals surface area (Å²) in [5, 5.41) is 3.69. The van der Waals surface area contributed by atoms with E-state index in [2.05, 4.69) is 48.3 Å². The molecule has 1 N–H and O–H groups in total. The highest BCUT2D eigenvalue weighted by Crippen LogP contribution is 2.33. The van der Waals surface area contributed by atoms with Crippen LogP contribution in [0, 0.1) is 6.92 Å². The van der Waals surface area contributed by atoms with Crippen LogP contribution in [0.5, 0.6) is 5.75 Å². The van der Waals surface area contributed by atoms with Gasteiger partial charge < -0.3 is 9.72 Å². The van der Waals surface area contributed by atoms with Crippen molar-refractivity contribution in [1.82, 2.24) is 4.98 Å². The van der Waals surface area contributed by atoms with E-state index in [-0.39, 0.29) is 0 Å². The molecule has 86 valence electrons. The number of nitrogens with one attached hydrogen (secondary N) is 1. The van der Waals surface area contributed by atoms with Crippen molar-refractivity contribution < 1.29 is 4.74 Å². The zero-order valence-corrected chi connectivity index (χ0v) is 10.1. The summed E-state index contributed by atoms with van der Waals surface area (Å²) in [6.07, 6.45) is 0. The summed E-state index contributed by atoms with van der Waals surface area (Å²) in [6, 6.07) is 12.7. The molecule has 0 radical (unpaired) electrons. The minimum Gasteiger partial charge on any atom is -0.493 e. The molecule has 0 aliphatic rings. The topological polar surface area (TPSA) is 25.0 Å². The fourth-order valence-corrected chi connectivity index (χ4v) is 2.36. The molecule has 0 aliphatic carbocycles. The maximum Gasteiger partial charge on any atom is 0.129 e. The summed E-state index contributed by atoms with van der Waals surface area (Å²) < 4.78 is 5.72. The number of benzene rings is 2. The maximum absolute atomic E-state index is 5.72. The zero-order valence-electron chi connectivity index (χ0n) is 10.1. The number of H-pyrrole nitrogens is 1. The van der Waals surface area contributed by atoms with Crippen LogP contribution in [-0.2, 0) is 0 Å². The van der Waals surface area contributed by atoms with Gasteiger partial charge in [0, 0.05) is 28.0 Å². The Morgan fingerprint density at radius 1 is 1.06 bits per heavy atom. The van der Waals surface area contributed by atoms with Gasteiger partial charge in [-0.25, -0.2) is 0 Å². The molecule has 3 rings (SSSR count). The predicted molar refractivity (Wildman–Crippen MR) is 71.7 cm³/mol. The van der Waals surface area contributed by atoms with E-state index in [9.17, 15) is 0 Å². The lowest BCUT2D eigenvalue weighted by Crippen LogP contribution is -1.92. The van der Waals surface area contributed by atoms with Crippen molar-refractivity contribution in [3.63, 3.8) is 0 Å². The Kier molecular flexibility index (Phi) is 2.29. The first-order chi connectivity index (χ1) is 8.29. The first-order valence-corrected chi connectivity index (χ1v) is 5.93. The van der Waals surface area contributed by atoms with E-state index < -0.39 is 0 Å². The highest BCUT2D eigenvalue weighted by atomic mass is 16.5. The minimum absolute atomic E-state index is 0.690. The summed E-state index contributed by atoms with van der Waals surface area (Å²) in [7, 11) is 0. The molecular formula is C15H15NO. The largest absolute Gasteiger partial charge is 0.493 e. The van der Waals surface area contributed by atoms with Crippen molar-refractivity contribution in [2.24, 2.45) is 0 Å². The van der Waals surface area contributed by atoms with Gasteiger partial charge in [-0.3, -0.25) is 0 Å². The third-order valence-corrected chi connectivity index (χ3v) is 3.04. The van der Waals surface area contributed by atoms with Gasteiger partial charge in [-0.1, -0.05) is 24.3 Å². The normalized spacial score (nSPS) is 11.2. The van der Waals surface area contributed by atoms with E-state index in [0.717, 1.165) is 11.3 Å². The molecule has 0 fully saturated rings. The van der Waals surface area contributed by atoms with Crippen LogP contribution < -0.4 is 4.74 Å². The van der Waals surface area contributed by atoms with Crippen LogP contribution in [0.2, 0.25) is 0 Å². The molecular weight excluding hydrogens is 210 g/mol. The van der Waals surface area contributed by atoms with Crippen LogP contribution in [0.25, 0.3) is 21.7 Å². The Hall–Kier alpha value is -1.96. The Morgan fingerprint density at radius 3 is 2.59 bits per heavy atom. The molecule has 0 atom stereocenters. The summed E-state index contributed by atoms with van der Waals surface area (Å²) >= 11 is 0. The van der Waals surface area contributed by atoms with Gasteiger partial charge in [-0.2, -0.15) is 0 Å². The maximum atomic E-state index is 5.72. The molecule has 2 aromatic carbocycles. The Bertz CT molecular complexity index is 682. The van der Waals surface area contributed by atoms with Crippen molar-refractivity contribution in [1.29, 1.82) is 0 Å². The predicted octanol–water partition coefficient (Wildman–Crippen LogP) is 4.03. The first-order valence-electron chi connectivity index (χ1n) is 5.93. The van der Waals surface area contributed by atoms with Gasteiger partial charge in [0.2, 0.25) is 0 Å². The molecule has 3 aromatic rings. The van der Waals surface area contributed by atoms with E-state index >= 15 is 0 Å². The smallest absolute Gasteiger partial charge is 0.129 e. The van der Waals surface area contributed by atoms with Crippen LogP contribution in [0.15, 0.2) is 36.4 Å². The van der Waals surface area contributed by atoms with Gasteiger partial charge in [0.1, 0.15) is 5.75 Å². The Morgan fingerprint density at radius 2 is 1.82 bits per heavy atom. The van der Waals surface area contributed by atoms with Crippen LogP contribution in [0.3, 0.4) is 0 Å². The average Bonchev–Trinajstić information content (AvgIpc) is 2.70. The lowest BCUT2D eigenvalue weighted by molar-refractivity contribution is 0.344. The minimum atomic E-state index is 0.690. The molecule has 0 bridgehead atoms. The SMILES string of the molecule is CCOc1cc2[nH]c(C)cc2c2ccccc12. The number of rotatable bonds is 2. The molecule has 1 heterocycles. The summed E-state index contributed by atoms with van der Waals surface area (Å²) in [5.41, 5.74) is 2.32. The second-order valence-corrected chi connectivity index (χ2v) is 4.27. The van der Waals surface area contributed by atoms with Crippen LogP contribution in [0.1, 0.15) is 12.6 Å². The quantitative estimate of drug-likeness (QED) is 0.699. The molecule has 0 unspecified atom stereocenters. The summed E-state index contributed by atoms with van der Waals surface area (Å²) in [5.74, 6) is 0.956. The second-order valence-electron chi connectivity index (χ2n) is 4.27. The number of ether oxygens (including phenoxy) is 1. The van der Waals surface area contributed by atoms with Gasteiger partial charge in [0.15, 0.2) is 0 Å². The number of aromatic nitrogens is 1. The number of fused-ring (bicyclic) bond motifs is 3. The van der Waals surface area contributed by atoms with Gasteiger partial charge in [0.05, 0.1) is 6.61 Å². The van der Waals surface area contributed by atoms with Gasteiger partial charge in [-0.05, 0) is 25.3 Å². The third-order valence-electron chi connectivity index (χ3n) is 3.04. The highest BCUT2D eigenvalue weighted by Gasteiger charge is 2.08. The molecule has 2 nitrogen and oxygen atoms in total. The van der Waals surface area contributed by atoms with Crippen LogP contribution in [0.4, 0.5) is 0 Å². The molecule has 1 aromatic heterocycles. The zero-order chi connectivity index (χ0) is 11.8. The van der Waals surface area contributed by atoms with Crippen LogP contribution >= 0.6 is 0 Å². The highest BCUT2D eigenvalue weighted by molar-refractivity contribution is 6.09. The molecule has 0 aliphatic heterocycles. The van der Waals surface area contributed by atoms with E-state index in [1.807, 2.05) is 6.92 Å². The molecule has 2 heteroatoms. The van der Waals surface area contributed by atoms with E-state index in [1.165, 1.54) is 21.9 Å². The van der Waals surface area contributed by atoms with Crippen molar-refractivity contribution in [3.8, 4) is 5.75 Å². The Labute approximate surface area is 100 Å². The molecule has 17 heavy (non-hydrogen) atoms. The van der Waals surface area contributed by atoms with Gasteiger partial charge in [0.25, 0.3) is 0 Å². The van der Waals surface area contributed by atoms with Gasteiger partial charge in [-0.15, -0.1) is 0 Å².